The molecule has 2 atom stereocenters. The summed E-state index contributed by atoms with van der Waals surface area (Å²) < 4.78 is 19.2. The van der Waals surface area contributed by atoms with Gasteiger partial charge in [-0.3, -0.25) is 0 Å². The van der Waals surface area contributed by atoms with Crippen LogP contribution in [0.1, 0.15) is 17.9 Å². The van der Waals surface area contributed by atoms with Gasteiger partial charge in [0.15, 0.2) is 0 Å². The summed E-state index contributed by atoms with van der Waals surface area (Å²) in [5, 5.41) is 9.13. The van der Waals surface area contributed by atoms with Gasteiger partial charge < -0.3 is 14.7 Å². The number of ether oxygens (including phenoxy) is 1. The van der Waals surface area contributed by atoms with Gasteiger partial charge in [0.25, 0.3) is 0 Å². The van der Waals surface area contributed by atoms with E-state index >= 15 is 0 Å². The highest BCUT2D eigenvalue weighted by Crippen LogP contribution is 2.35. The molecular formula is C12H14ClFN2O3. The van der Waals surface area contributed by atoms with Crippen LogP contribution in [0.15, 0.2) is 12.1 Å². The first-order chi connectivity index (χ1) is 9.02. The molecule has 2 rings (SSSR count). The summed E-state index contributed by atoms with van der Waals surface area (Å²) in [6, 6.07) is 3.26. The molecule has 1 saturated heterocycles. The van der Waals surface area contributed by atoms with Crippen LogP contribution in [-0.2, 0) is 0 Å². The second kappa shape index (κ2) is 5.61. The quantitative estimate of drug-likeness (QED) is 0.850. The molecular weight excluding hydrogens is 275 g/mol. The Hall–Kier alpha value is -1.56. The fourth-order valence-electron chi connectivity index (χ4n) is 2.30. The number of pyridine rings is 1. The van der Waals surface area contributed by atoms with Crippen molar-refractivity contribution in [2.45, 2.75) is 18.5 Å². The summed E-state index contributed by atoms with van der Waals surface area (Å²) in [7, 11) is 1.45. The minimum Gasteiger partial charge on any atom is -0.481 e. The first kappa shape index (κ1) is 13.9. The van der Waals surface area contributed by atoms with Crippen LogP contribution in [0.4, 0.5) is 9.18 Å². The van der Waals surface area contributed by atoms with E-state index < -0.39 is 18.2 Å². The highest BCUT2D eigenvalue weighted by atomic mass is 35.5. The van der Waals surface area contributed by atoms with Crippen molar-refractivity contribution < 1.29 is 19.0 Å². The summed E-state index contributed by atoms with van der Waals surface area (Å²) in [5.41, 5.74) is 0.629. The molecule has 2 unspecified atom stereocenters. The lowest BCUT2D eigenvalue weighted by molar-refractivity contribution is 0.0956. The molecule has 1 aliphatic heterocycles. The molecule has 104 valence electrons. The minimum absolute atomic E-state index is 0.133. The molecule has 0 aromatic carbocycles. The van der Waals surface area contributed by atoms with Crippen LogP contribution in [0.3, 0.4) is 0 Å². The Bertz CT molecular complexity index is 486. The molecule has 2 heterocycles. The van der Waals surface area contributed by atoms with Gasteiger partial charge >= 0.3 is 6.09 Å². The molecule has 1 N–H and O–H groups in total. The van der Waals surface area contributed by atoms with E-state index in [1.807, 2.05) is 0 Å². The highest BCUT2D eigenvalue weighted by Gasteiger charge is 2.34. The van der Waals surface area contributed by atoms with Gasteiger partial charge in [-0.2, -0.15) is 0 Å². The van der Waals surface area contributed by atoms with Crippen molar-refractivity contribution in [3.05, 3.63) is 22.8 Å². The van der Waals surface area contributed by atoms with Crippen molar-refractivity contribution in [1.29, 1.82) is 0 Å². The van der Waals surface area contributed by atoms with E-state index in [0.29, 0.717) is 24.4 Å². The number of methoxy groups -OCH3 is 1. The summed E-state index contributed by atoms with van der Waals surface area (Å²) in [5.74, 6) is -0.126. The van der Waals surface area contributed by atoms with Crippen LogP contribution in [0.25, 0.3) is 0 Å². The number of piperidine rings is 1. The first-order valence-electron chi connectivity index (χ1n) is 5.85. The van der Waals surface area contributed by atoms with Crippen molar-refractivity contribution >= 4 is 17.7 Å². The standard InChI is InChI=1S/C12H14ClFN2O3/c1-19-11-8(2-3-10(13)15-11)7-4-5-16(12(17)18)6-9(7)14/h2-3,7,9H,4-6H2,1H3,(H,17,18). The lowest BCUT2D eigenvalue weighted by atomic mass is 9.88. The molecule has 1 amide bonds. The van der Waals surface area contributed by atoms with Gasteiger partial charge in [0.05, 0.1) is 13.7 Å². The van der Waals surface area contributed by atoms with Crippen molar-refractivity contribution in [3.63, 3.8) is 0 Å². The van der Waals surface area contributed by atoms with Gasteiger partial charge in [0, 0.05) is 18.0 Å². The number of amides is 1. The number of halogens is 2. The van der Waals surface area contributed by atoms with Gasteiger partial charge in [0.1, 0.15) is 11.3 Å². The van der Waals surface area contributed by atoms with E-state index in [4.69, 9.17) is 21.4 Å². The number of carboxylic acid groups (broad SMARTS) is 1. The normalized spacial score (nSPS) is 23.2. The third kappa shape index (κ3) is 2.89. The van der Waals surface area contributed by atoms with E-state index in [2.05, 4.69) is 4.98 Å². The maximum absolute atomic E-state index is 14.1. The second-order valence-corrected chi connectivity index (χ2v) is 4.76. The highest BCUT2D eigenvalue weighted by molar-refractivity contribution is 6.29. The average molecular weight is 289 g/mol. The fraction of sp³-hybridized carbons (Fsp3) is 0.500. The molecule has 1 aromatic heterocycles. The molecule has 7 heteroatoms. The number of aromatic nitrogens is 1. The smallest absolute Gasteiger partial charge is 0.407 e. The number of likely N-dealkylation sites (tertiary alicyclic amines) is 1. The van der Waals surface area contributed by atoms with Gasteiger partial charge in [-0.1, -0.05) is 17.7 Å². The van der Waals surface area contributed by atoms with E-state index in [1.54, 1.807) is 12.1 Å². The zero-order valence-corrected chi connectivity index (χ0v) is 11.1. The van der Waals surface area contributed by atoms with Crippen LogP contribution >= 0.6 is 11.6 Å². The Morgan fingerprint density at radius 1 is 1.63 bits per heavy atom. The molecule has 0 aliphatic carbocycles. The fourth-order valence-corrected chi connectivity index (χ4v) is 2.44. The predicted molar refractivity (Wildman–Crippen MR) is 67.7 cm³/mol. The Morgan fingerprint density at radius 3 is 2.95 bits per heavy atom. The van der Waals surface area contributed by atoms with Crippen molar-refractivity contribution in [3.8, 4) is 5.88 Å². The zero-order valence-electron chi connectivity index (χ0n) is 10.3. The van der Waals surface area contributed by atoms with E-state index in [0.717, 1.165) is 4.90 Å². The largest absolute Gasteiger partial charge is 0.481 e. The minimum atomic E-state index is -1.28. The maximum atomic E-state index is 14.1. The SMILES string of the molecule is COc1nc(Cl)ccc1C1CCN(C(=O)O)CC1F. The third-order valence-corrected chi connectivity index (χ3v) is 3.47. The molecule has 0 saturated carbocycles. The molecule has 0 radical (unpaired) electrons. The molecule has 5 nitrogen and oxygen atoms in total. The van der Waals surface area contributed by atoms with Gasteiger partial charge in [0.2, 0.25) is 5.88 Å². The summed E-state index contributed by atoms with van der Waals surface area (Å²) in [4.78, 5) is 15.9. The van der Waals surface area contributed by atoms with Crippen molar-refractivity contribution in [2.75, 3.05) is 20.2 Å². The zero-order chi connectivity index (χ0) is 14.0. The number of alkyl halides is 1. The monoisotopic (exact) mass is 288 g/mol. The van der Waals surface area contributed by atoms with Crippen LogP contribution in [0, 0.1) is 0 Å². The van der Waals surface area contributed by atoms with E-state index in [-0.39, 0.29) is 11.7 Å². The van der Waals surface area contributed by atoms with Crippen LogP contribution < -0.4 is 4.74 Å². The number of hydrogen-bond acceptors (Lipinski definition) is 3. The molecule has 19 heavy (non-hydrogen) atoms. The number of rotatable bonds is 2. The van der Waals surface area contributed by atoms with Gasteiger partial charge in [-0.05, 0) is 12.5 Å². The van der Waals surface area contributed by atoms with Gasteiger partial charge in [-0.15, -0.1) is 0 Å². The van der Waals surface area contributed by atoms with Crippen LogP contribution in [-0.4, -0.2) is 47.5 Å². The topological polar surface area (TPSA) is 62.7 Å². The average Bonchev–Trinajstić information content (AvgIpc) is 2.38. The Morgan fingerprint density at radius 2 is 2.37 bits per heavy atom. The van der Waals surface area contributed by atoms with Crippen LogP contribution in [0.5, 0.6) is 5.88 Å². The molecule has 1 aromatic rings. The molecule has 0 spiro atoms. The summed E-state index contributed by atoms with van der Waals surface area (Å²) >= 11 is 5.76. The molecule has 0 bridgehead atoms. The Balaban J connectivity index is 2.21. The predicted octanol–water partition coefficient (Wildman–Crippen LogP) is 2.55. The third-order valence-electron chi connectivity index (χ3n) is 3.26. The Kier molecular flexibility index (Phi) is 4.09. The molecule has 1 aliphatic rings. The maximum Gasteiger partial charge on any atom is 0.407 e. The lowest BCUT2D eigenvalue weighted by Crippen LogP contribution is -2.43. The number of hydrogen-bond donors (Lipinski definition) is 1. The van der Waals surface area contributed by atoms with Crippen molar-refractivity contribution in [1.82, 2.24) is 9.88 Å². The first-order valence-corrected chi connectivity index (χ1v) is 6.23. The number of nitrogens with zero attached hydrogens (tertiary/aromatic N) is 2. The van der Waals surface area contributed by atoms with Crippen LogP contribution in [0.2, 0.25) is 5.15 Å². The van der Waals surface area contributed by atoms with E-state index in [9.17, 15) is 9.18 Å². The summed E-state index contributed by atoms with van der Waals surface area (Å²) in [6.07, 6.45) is -1.98. The van der Waals surface area contributed by atoms with Crippen molar-refractivity contribution in [2.24, 2.45) is 0 Å². The molecule has 1 fully saturated rings. The van der Waals surface area contributed by atoms with E-state index in [1.165, 1.54) is 7.11 Å². The lowest BCUT2D eigenvalue weighted by Gasteiger charge is -2.33. The Labute approximate surface area is 114 Å². The number of carbonyl (C=O) groups is 1. The second-order valence-electron chi connectivity index (χ2n) is 4.37. The van der Waals surface area contributed by atoms with Gasteiger partial charge in [-0.25, -0.2) is 14.2 Å². The summed E-state index contributed by atoms with van der Waals surface area (Å²) in [6.45, 7) is 0.165.